The summed E-state index contributed by atoms with van der Waals surface area (Å²) in [6.45, 7) is 0.393. The lowest BCUT2D eigenvalue weighted by molar-refractivity contribution is -0.150. The van der Waals surface area contributed by atoms with Crippen LogP contribution in [0.5, 0.6) is 5.75 Å². The van der Waals surface area contributed by atoms with Crippen molar-refractivity contribution in [1.82, 2.24) is 15.5 Å². The van der Waals surface area contributed by atoms with Crippen LogP contribution in [0.2, 0.25) is 0 Å². The third-order valence-electron chi connectivity index (χ3n) is 8.04. The Labute approximate surface area is 244 Å². The van der Waals surface area contributed by atoms with E-state index in [0.717, 1.165) is 31.2 Å². The fourth-order valence-corrected chi connectivity index (χ4v) is 5.84. The Morgan fingerprint density at radius 2 is 1.69 bits per heavy atom. The van der Waals surface area contributed by atoms with Crippen LogP contribution in [-0.4, -0.2) is 87.4 Å². The number of rotatable bonds is 15. The number of phenols is 1. The number of aliphatic carboxylic acids is 2. The first kappa shape index (κ1) is 32.6. The second kappa shape index (κ2) is 15.9. The summed E-state index contributed by atoms with van der Waals surface area (Å²) in [5.41, 5.74) is 6.39. The number of nitrogens with two attached hydrogens (primary N) is 1. The molecule has 5 atom stereocenters. The number of fused-ring (bicyclic) bond motifs is 1. The normalized spacial score (nSPS) is 21.1. The number of amides is 3. The molecule has 2 aliphatic rings. The number of nitrogens with zero attached hydrogens (tertiary/aromatic N) is 1. The van der Waals surface area contributed by atoms with E-state index in [2.05, 4.69) is 10.6 Å². The van der Waals surface area contributed by atoms with Crippen LogP contribution in [0, 0.1) is 5.92 Å². The third kappa shape index (κ3) is 9.33. The van der Waals surface area contributed by atoms with Crippen LogP contribution in [0.15, 0.2) is 24.3 Å². The Bertz CT molecular complexity index is 1100. The van der Waals surface area contributed by atoms with Gasteiger partial charge in [-0.05, 0) is 75.1 Å². The van der Waals surface area contributed by atoms with E-state index in [-0.39, 0.29) is 43.6 Å². The molecular formula is C29H42N4O9. The maximum atomic E-state index is 13.2. The number of hydrogen-bond acceptors (Lipinski definition) is 8. The van der Waals surface area contributed by atoms with Crippen LogP contribution >= 0.6 is 0 Å². The Kier molecular flexibility index (Phi) is 12.4. The first-order valence-electron chi connectivity index (χ1n) is 14.6. The number of carboxylic acids is 2. The van der Waals surface area contributed by atoms with Gasteiger partial charge in [0.25, 0.3) is 0 Å². The SMILES string of the molecule is NCCCC[C@H](NC(=O)OCCc1ccc(O)cc1)C(=O)N[C@H](CCC(=O)N1[C@H](C(=O)O)C[C@@H]2CCCC[C@@H]21)C(=O)O. The lowest BCUT2D eigenvalue weighted by Crippen LogP contribution is -2.52. The highest BCUT2D eigenvalue weighted by Gasteiger charge is 2.47. The molecule has 1 saturated carbocycles. The summed E-state index contributed by atoms with van der Waals surface area (Å²) in [5, 5.41) is 33.8. The standard InChI is InChI=1S/C29H42N4O9/c30-15-4-3-6-21(32-29(41)42-16-14-18-8-10-20(34)11-9-18)26(36)31-22(27(37)38)12-13-25(35)33-23-7-2-1-5-19(23)17-24(33)28(39)40/h8-11,19,21-24,34H,1-7,12-17,30H2,(H,31,36)(H,32,41)(H,37,38)(H,39,40)/t19-,21-,22+,23-,24-/m0/s1. The summed E-state index contributed by atoms with van der Waals surface area (Å²) in [6.07, 6.45) is 4.22. The fraction of sp³-hybridized carbons (Fsp3) is 0.621. The number of carbonyl (C=O) groups is 5. The van der Waals surface area contributed by atoms with Gasteiger partial charge in [0.2, 0.25) is 11.8 Å². The van der Waals surface area contributed by atoms with E-state index >= 15 is 0 Å². The average molecular weight is 591 g/mol. The van der Waals surface area contributed by atoms with Crippen molar-refractivity contribution in [2.75, 3.05) is 13.2 Å². The van der Waals surface area contributed by atoms with Crippen molar-refractivity contribution in [3.8, 4) is 5.75 Å². The van der Waals surface area contributed by atoms with Crippen molar-refractivity contribution in [3.05, 3.63) is 29.8 Å². The molecule has 0 spiro atoms. The van der Waals surface area contributed by atoms with E-state index in [9.17, 15) is 39.3 Å². The average Bonchev–Trinajstić information content (AvgIpc) is 3.36. The fourth-order valence-electron chi connectivity index (χ4n) is 5.84. The topological polar surface area (TPSA) is 209 Å². The maximum Gasteiger partial charge on any atom is 0.407 e. The van der Waals surface area contributed by atoms with Crippen LogP contribution < -0.4 is 16.4 Å². The highest BCUT2D eigenvalue weighted by molar-refractivity contribution is 5.90. The van der Waals surface area contributed by atoms with Crippen molar-refractivity contribution in [2.45, 2.75) is 94.8 Å². The zero-order valence-electron chi connectivity index (χ0n) is 23.7. The molecule has 42 heavy (non-hydrogen) atoms. The summed E-state index contributed by atoms with van der Waals surface area (Å²) in [7, 11) is 0. The molecule has 1 aromatic rings. The van der Waals surface area contributed by atoms with Gasteiger partial charge in [0.05, 0.1) is 6.61 Å². The lowest BCUT2D eigenvalue weighted by atomic mass is 9.84. The molecule has 13 heteroatoms. The molecule has 0 unspecified atom stereocenters. The van der Waals surface area contributed by atoms with Crippen LogP contribution in [-0.2, 0) is 30.3 Å². The van der Waals surface area contributed by atoms with E-state index in [0.29, 0.717) is 32.2 Å². The van der Waals surface area contributed by atoms with Gasteiger partial charge in [-0.2, -0.15) is 0 Å². The minimum atomic E-state index is -1.42. The van der Waals surface area contributed by atoms with E-state index in [1.165, 1.54) is 17.0 Å². The minimum Gasteiger partial charge on any atom is -0.508 e. The summed E-state index contributed by atoms with van der Waals surface area (Å²) in [5.74, 6) is -3.35. The highest BCUT2D eigenvalue weighted by Crippen LogP contribution is 2.40. The molecule has 1 saturated heterocycles. The second-order valence-corrected chi connectivity index (χ2v) is 11.0. The highest BCUT2D eigenvalue weighted by atomic mass is 16.5. The third-order valence-corrected chi connectivity index (χ3v) is 8.04. The summed E-state index contributed by atoms with van der Waals surface area (Å²) in [4.78, 5) is 63.9. The molecule has 1 heterocycles. The number of nitrogens with one attached hydrogen (secondary N) is 2. The molecule has 3 rings (SSSR count). The van der Waals surface area contributed by atoms with E-state index < -0.39 is 48.0 Å². The van der Waals surface area contributed by atoms with Crippen molar-refractivity contribution < 1.29 is 44.0 Å². The van der Waals surface area contributed by atoms with Gasteiger partial charge in [-0.25, -0.2) is 14.4 Å². The zero-order chi connectivity index (χ0) is 30.6. The van der Waals surface area contributed by atoms with Gasteiger partial charge in [-0.15, -0.1) is 0 Å². The van der Waals surface area contributed by atoms with E-state index in [1.54, 1.807) is 12.1 Å². The lowest BCUT2D eigenvalue weighted by Gasteiger charge is -2.33. The first-order chi connectivity index (χ1) is 20.1. The number of unbranched alkanes of at least 4 members (excludes halogenated alkanes) is 1. The molecule has 1 aliphatic heterocycles. The molecule has 7 N–H and O–H groups in total. The molecule has 3 amide bonds. The summed E-state index contributed by atoms with van der Waals surface area (Å²) >= 11 is 0. The van der Waals surface area contributed by atoms with E-state index in [1.807, 2.05) is 0 Å². The number of alkyl carbamates (subject to hydrolysis) is 1. The van der Waals surface area contributed by atoms with Gasteiger partial charge in [0.15, 0.2) is 0 Å². The molecule has 0 bridgehead atoms. The van der Waals surface area contributed by atoms with Crippen LogP contribution in [0.4, 0.5) is 4.79 Å². The number of carboxylic acid groups (broad SMARTS) is 2. The van der Waals surface area contributed by atoms with Crippen LogP contribution in [0.3, 0.4) is 0 Å². The second-order valence-electron chi connectivity index (χ2n) is 11.0. The quantitative estimate of drug-likeness (QED) is 0.163. The van der Waals surface area contributed by atoms with Gasteiger partial charge < -0.3 is 41.3 Å². The van der Waals surface area contributed by atoms with Crippen molar-refractivity contribution in [2.24, 2.45) is 11.7 Å². The Balaban J connectivity index is 1.56. The number of ether oxygens (including phenoxy) is 1. The molecule has 2 fully saturated rings. The number of aromatic hydroxyl groups is 1. The van der Waals surface area contributed by atoms with Gasteiger partial charge in [0, 0.05) is 18.9 Å². The number of benzene rings is 1. The van der Waals surface area contributed by atoms with Crippen molar-refractivity contribution in [3.63, 3.8) is 0 Å². The Morgan fingerprint density at radius 3 is 2.36 bits per heavy atom. The number of carbonyl (C=O) groups excluding carboxylic acids is 3. The molecule has 232 valence electrons. The maximum absolute atomic E-state index is 13.2. The molecule has 1 aliphatic carbocycles. The van der Waals surface area contributed by atoms with Gasteiger partial charge in [-0.3, -0.25) is 9.59 Å². The Hall–Kier alpha value is -3.87. The summed E-state index contributed by atoms with van der Waals surface area (Å²) in [6, 6.07) is 2.81. The Morgan fingerprint density at radius 1 is 0.976 bits per heavy atom. The largest absolute Gasteiger partial charge is 0.508 e. The molecule has 13 nitrogen and oxygen atoms in total. The van der Waals surface area contributed by atoms with Crippen molar-refractivity contribution in [1.29, 1.82) is 0 Å². The molecule has 0 aromatic heterocycles. The number of likely N-dealkylation sites (tertiary alicyclic amines) is 1. The molecule has 0 radical (unpaired) electrons. The van der Waals surface area contributed by atoms with Crippen LogP contribution in [0.1, 0.15) is 69.8 Å². The number of hydrogen-bond donors (Lipinski definition) is 6. The first-order valence-corrected chi connectivity index (χ1v) is 14.6. The predicted molar refractivity (Wildman–Crippen MR) is 150 cm³/mol. The van der Waals surface area contributed by atoms with Gasteiger partial charge >= 0.3 is 18.0 Å². The predicted octanol–water partition coefficient (Wildman–Crippen LogP) is 1.75. The monoisotopic (exact) mass is 590 g/mol. The van der Waals surface area contributed by atoms with Gasteiger partial charge in [0.1, 0.15) is 23.9 Å². The number of phenolic OH excluding ortho intramolecular Hbond substituents is 1. The minimum absolute atomic E-state index is 0.0172. The zero-order valence-corrected chi connectivity index (χ0v) is 23.7. The summed E-state index contributed by atoms with van der Waals surface area (Å²) < 4.78 is 5.19. The molecular weight excluding hydrogens is 548 g/mol. The van der Waals surface area contributed by atoms with Gasteiger partial charge in [-0.1, -0.05) is 25.0 Å². The van der Waals surface area contributed by atoms with E-state index in [4.69, 9.17) is 10.5 Å². The molecule has 1 aromatic carbocycles. The van der Waals surface area contributed by atoms with Crippen molar-refractivity contribution >= 4 is 29.8 Å². The smallest absolute Gasteiger partial charge is 0.407 e. The van der Waals surface area contributed by atoms with Crippen LogP contribution in [0.25, 0.3) is 0 Å².